The molecule has 1 aromatic heterocycles. The largest absolute Gasteiger partial charge is 0.494 e. The van der Waals surface area contributed by atoms with Crippen LogP contribution in [0.2, 0.25) is 0 Å². The van der Waals surface area contributed by atoms with Gasteiger partial charge in [-0.25, -0.2) is 0 Å². The van der Waals surface area contributed by atoms with E-state index in [0.29, 0.717) is 17.9 Å². The van der Waals surface area contributed by atoms with Gasteiger partial charge in [0.15, 0.2) is 0 Å². The third-order valence-electron chi connectivity index (χ3n) is 4.07. The van der Waals surface area contributed by atoms with Gasteiger partial charge in [0.25, 0.3) is 5.91 Å². The summed E-state index contributed by atoms with van der Waals surface area (Å²) in [6, 6.07) is 6.88. The molecule has 0 spiro atoms. The molecule has 0 aliphatic heterocycles. The van der Waals surface area contributed by atoms with Gasteiger partial charge in [-0.2, -0.15) is 5.10 Å². The molecule has 0 saturated heterocycles. The standard InChI is InChI=1S/C19H26N4O3/c1-5-6-11-26-16-9-7-15(8-10-16)19(25)20-12-17(24)21-18-13(2)22-23(4)14(18)3/h7-10H,5-6,11-12H2,1-4H3,(H,20,25)(H,21,24). The highest BCUT2D eigenvalue weighted by molar-refractivity contribution is 5.99. The molecule has 0 atom stereocenters. The van der Waals surface area contributed by atoms with Crippen LogP contribution < -0.4 is 15.4 Å². The average Bonchev–Trinajstić information content (AvgIpc) is 2.86. The summed E-state index contributed by atoms with van der Waals surface area (Å²) in [5.74, 6) is 0.132. The molecule has 140 valence electrons. The van der Waals surface area contributed by atoms with E-state index in [1.807, 2.05) is 20.9 Å². The van der Waals surface area contributed by atoms with Crippen molar-refractivity contribution >= 4 is 17.5 Å². The predicted octanol–water partition coefficient (Wildman–Crippen LogP) is 2.58. The molecular formula is C19H26N4O3. The number of carbonyl (C=O) groups is 2. The van der Waals surface area contributed by atoms with E-state index in [9.17, 15) is 9.59 Å². The highest BCUT2D eigenvalue weighted by atomic mass is 16.5. The number of benzene rings is 1. The van der Waals surface area contributed by atoms with Gasteiger partial charge in [-0.15, -0.1) is 0 Å². The Morgan fingerprint density at radius 3 is 2.46 bits per heavy atom. The fourth-order valence-corrected chi connectivity index (χ4v) is 2.44. The first-order chi connectivity index (χ1) is 12.4. The minimum atomic E-state index is -0.306. The van der Waals surface area contributed by atoms with Crippen molar-refractivity contribution in [3.05, 3.63) is 41.2 Å². The summed E-state index contributed by atoms with van der Waals surface area (Å²) in [7, 11) is 1.81. The van der Waals surface area contributed by atoms with E-state index < -0.39 is 0 Å². The summed E-state index contributed by atoms with van der Waals surface area (Å²) < 4.78 is 7.27. The number of hydrogen-bond donors (Lipinski definition) is 2. The number of ether oxygens (including phenoxy) is 1. The lowest BCUT2D eigenvalue weighted by Gasteiger charge is -2.08. The number of hydrogen-bond acceptors (Lipinski definition) is 4. The van der Waals surface area contributed by atoms with Crippen LogP contribution >= 0.6 is 0 Å². The van der Waals surface area contributed by atoms with Crippen LogP contribution in [-0.2, 0) is 11.8 Å². The molecule has 26 heavy (non-hydrogen) atoms. The van der Waals surface area contributed by atoms with Gasteiger partial charge >= 0.3 is 0 Å². The van der Waals surface area contributed by atoms with Crippen molar-refractivity contribution in [2.24, 2.45) is 7.05 Å². The third-order valence-corrected chi connectivity index (χ3v) is 4.07. The van der Waals surface area contributed by atoms with Gasteiger partial charge in [0.05, 0.1) is 30.2 Å². The Morgan fingerprint density at radius 1 is 1.19 bits per heavy atom. The predicted molar refractivity (Wildman–Crippen MR) is 100 cm³/mol. The van der Waals surface area contributed by atoms with Crippen LogP contribution in [-0.4, -0.2) is 34.7 Å². The van der Waals surface area contributed by atoms with E-state index in [-0.39, 0.29) is 18.4 Å². The molecule has 0 unspecified atom stereocenters. The fraction of sp³-hybridized carbons (Fsp3) is 0.421. The molecular weight excluding hydrogens is 332 g/mol. The first-order valence-corrected chi connectivity index (χ1v) is 8.73. The SMILES string of the molecule is CCCCOc1ccc(C(=O)NCC(=O)Nc2c(C)nn(C)c2C)cc1. The van der Waals surface area contributed by atoms with Crippen LogP contribution in [0.25, 0.3) is 0 Å². The first kappa shape index (κ1) is 19.5. The van der Waals surface area contributed by atoms with E-state index in [1.54, 1.807) is 28.9 Å². The number of nitrogens with one attached hydrogen (secondary N) is 2. The minimum Gasteiger partial charge on any atom is -0.494 e. The summed E-state index contributed by atoms with van der Waals surface area (Å²) in [5.41, 5.74) is 2.76. The molecule has 0 saturated carbocycles. The first-order valence-electron chi connectivity index (χ1n) is 8.73. The van der Waals surface area contributed by atoms with Crippen LogP contribution in [0.1, 0.15) is 41.5 Å². The average molecular weight is 358 g/mol. The van der Waals surface area contributed by atoms with Gasteiger partial charge in [-0.1, -0.05) is 13.3 Å². The molecule has 7 nitrogen and oxygen atoms in total. The molecule has 1 heterocycles. The lowest BCUT2D eigenvalue weighted by atomic mass is 10.2. The van der Waals surface area contributed by atoms with Crippen molar-refractivity contribution in [2.45, 2.75) is 33.6 Å². The zero-order valence-electron chi connectivity index (χ0n) is 15.8. The molecule has 2 amide bonds. The number of aromatic nitrogens is 2. The highest BCUT2D eigenvalue weighted by Crippen LogP contribution is 2.18. The van der Waals surface area contributed by atoms with Crippen molar-refractivity contribution in [1.82, 2.24) is 15.1 Å². The van der Waals surface area contributed by atoms with E-state index in [1.165, 1.54) is 0 Å². The Morgan fingerprint density at radius 2 is 1.88 bits per heavy atom. The van der Waals surface area contributed by atoms with Gasteiger partial charge in [0.1, 0.15) is 5.75 Å². The fourth-order valence-electron chi connectivity index (χ4n) is 2.44. The van der Waals surface area contributed by atoms with Gasteiger partial charge in [0, 0.05) is 12.6 Å². The molecule has 0 aliphatic rings. The lowest BCUT2D eigenvalue weighted by Crippen LogP contribution is -2.33. The summed E-state index contributed by atoms with van der Waals surface area (Å²) >= 11 is 0. The lowest BCUT2D eigenvalue weighted by molar-refractivity contribution is -0.115. The molecule has 1 aromatic carbocycles. The van der Waals surface area contributed by atoms with Gasteiger partial charge < -0.3 is 15.4 Å². The smallest absolute Gasteiger partial charge is 0.251 e. The molecule has 2 N–H and O–H groups in total. The Kier molecular flexibility index (Phi) is 6.77. The van der Waals surface area contributed by atoms with Crippen LogP contribution in [0.3, 0.4) is 0 Å². The van der Waals surface area contributed by atoms with E-state index >= 15 is 0 Å². The number of anilines is 1. The summed E-state index contributed by atoms with van der Waals surface area (Å²) in [4.78, 5) is 24.2. The molecule has 0 fully saturated rings. The number of carbonyl (C=O) groups excluding carboxylic acids is 2. The van der Waals surface area contributed by atoms with Crippen molar-refractivity contribution in [1.29, 1.82) is 0 Å². The Bertz CT molecular complexity index is 766. The number of amides is 2. The van der Waals surface area contributed by atoms with Crippen molar-refractivity contribution in [3.63, 3.8) is 0 Å². The zero-order valence-corrected chi connectivity index (χ0v) is 15.8. The maximum absolute atomic E-state index is 12.2. The number of aryl methyl sites for hydroxylation is 2. The summed E-state index contributed by atoms with van der Waals surface area (Å²) in [6.45, 7) is 6.35. The van der Waals surface area contributed by atoms with Crippen LogP contribution in [0.15, 0.2) is 24.3 Å². The van der Waals surface area contributed by atoms with Crippen molar-refractivity contribution in [2.75, 3.05) is 18.5 Å². The third kappa shape index (κ3) is 5.08. The second kappa shape index (κ2) is 9.03. The zero-order chi connectivity index (χ0) is 19.1. The van der Waals surface area contributed by atoms with E-state index in [4.69, 9.17) is 4.74 Å². The van der Waals surface area contributed by atoms with Crippen molar-refractivity contribution in [3.8, 4) is 5.75 Å². The Labute approximate surface area is 153 Å². The molecule has 0 aliphatic carbocycles. The van der Waals surface area contributed by atoms with Crippen LogP contribution in [0, 0.1) is 13.8 Å². The molecule has 7 heteroatoms. The minimum absolute atomic E-state index is 0.110. The quantitative estimate of drug-likeness (QED) is 0.710. The molecule has 0 radical (unpaired) electrons. The molecule has 2 rings (SSSR count). The van der Waals surface area contributed by atoms with Crippen molar-refractivity contribution < 1.29 is 14.3 Å². The van der Waals surface area contributed by atoms with Crippen LogP contribution in [0.5, 0.6) is 5.75 Å². The van der Waals surface area contributed by atoms with Gasteiger partial charge in [0.2, 0.25) is 5.91 Å². The number of nitrogens with zero attached hydrogens (tertiary/aromatic N) is 2. The molecule has 2 aromatic rings. The number of rotatable bonds is 8. The maximum Gasteiger partial charge on any atom is 0.251 e. The monoisotopic (exact) mass is 358 g/mol. The second-order valence-corrected chi connectivity index (χ2v) is 6.13. The maximum atomic E-state index is 12.2. The molecule has 0 bridgehead atoms. The van der Waals surface area contributed by atoms with Gasteiger partial charge in [-0.05, 0) is 44.5 Å². The number of unbranched alkanes of at least 4 members (excludes halogenated alkanes) is 1. The second-order valence-electron chi connectivity index (χ2n) is 6.13. The van der Waals surface area contributed by atoms with E-state index in [2.05, 4.69) is 22.7 Å². The normalized spacial score (nSPS) is 10.5. The Hall–Kier alpha value is -2.83. The topological polar surface area (TPSA) is 85.2 Å². The van der Waals surface area contributed by atoms with Crippen LogP contribution in [0.4, 0.5) is 5.69 Å². The van der Waals surface area contributed by atoms with Gasteiger partial charge in [-0.3, -0.25) is 14.3 Å². The Balaban J connectivity index is 1.84. The summed E-state index contributed by atoms with van der Waals surface area (Å²) in [6.07, 6.45) is 2.06. The highest BCUT2D eigenvalue weighted by Gasteiger charge is 2.13. The van der Waals surface area contributed by atoms with E-state index in [0.717, 1.165) is 30.0 Å². The summed E-state index contributed by atoms with van der Waals surface area (Å²) in [5, 5.41) is 9.65.